The van der Waals surface area contributed by atoms with Crippen LogP contribution in [0.3, 0.4) is 0 Å². The second-order valence-electron chi connectivity index (χ2n) is 8.26. The van der Waals surface area contributed by atoms with Gasteiger partial charge in [-0.2, -0.15) is 0 Å². The monoisotopic (exact) mass is 420 g/mol. The highest BCUT2D eigenvalue weighted by Crippen LogP contribution is 2.28. The van der Waals surface area contributed by atoms with E-state index in [2.05, 4.69) is 15.6 Å². The molecule has 0 bridgehead atoms. The zero-order chi connectivity index (χ0) is 22.1. The van der Waals surface area contributed by atoms with Crippen molar-refractivity contribution in [3.05, 3.63) is 41.2 Å². The number of carbonyl (C=O) groups is 2. The Bertz CT molecular complexity index is 966. The van der Waals surface area contributed by atoms with Gasteiger partial charge < -0.3 is 19.9 Å². The smallest absolute Gasteiger partial charge is 0.272 e. The van der Waals surface area contributed by atoms with Crippen molar-refractivity contribution in [2.75, 3.05) is 20.3 Å². The summed E-state index contributed by atoms with van der Waals surface area (Å²) in [6.45, 7) is 6.58. The van der Waals surface area contributed by atoms with Gasteiger partial charge in [0.2, 0.25) is 5.91 Å². The Morgan fingerprint density at radius 3 is 2.63 bits per heavy atom. The molecule has 1 aliphatic rings. The number of hydrogen-bond donors (Lipinski definition) is 2. The van der Waals surface area contributed by atoms with Crippen molar-refractivity contribution >= 4 is 11.8 Å². The Morgan fingerprint density at radius 1 is 1.23 bits per heavy atom. The number of fused-ring (bicyclic) bond motifs is 1. The number of hydrogen-bond acceptors (Lipinski definition) is 4. The van der Waals surface area contributed by atoms with Crippen LogP contribution in [-0.2, 0) is 22.5 Å². The van der Waals surface area contributed by atoms with E-state index in [4.69, 9.17) is 4.74 Å². The number of carbonyl (C=O) groups excluding carboxylic acids is 2. The van der Waals surface area contributed by atoms with Gasteiger partial charge in [0, 0.05) is 20.0 Å². The summed E-state index contributed by atoms with van der Waals surface area (Å²) in [7, 11) is 1.50. The average molecular weight is 420 g/mol. The Balaban J connectivity index is 2.07. The van der Waals surface area contributed by atoms with E-state index in [1.807, 2.05) is 20.8 Å². The molecule has 30 heavy (non-hydrogen) atoms. The van der Waals surface area contributed by atoms with Crippen molar-refractivity contribution in [1.29, 1.82) is 0 Å². The molecule has 0 saturated carbocycles. The van der Waals surface area contributed by atoms with E-state index in [9.17, 15) is 18.4 Å². The molecule has 1 aliphatic heterocycles. The maximum Gasteiger partial charge on any atom is 0.272 e. The van der Waals surface area contributed by atoms with E-state index < -0.39 is 29.0 Å². The number of rotatable bonds is 4. The molecule has 2 N–H and O–H groups in total. The number of aromatic nitrogens is 2. The first kappa shape index (κ1) is 21.9. The molecule has 0 fully saturated rings. The zero-order valence-electron chi connectivity index (χ0n) is 17.5. The Kier molecular flexibility index (Phi) is 6.21. The number of halogens is 2. The predicted molar refractivity (Wildman–Crippen MR) is 107 cm³/mol. The fourth-order valence-electron chi connectivity index (χ4n) is 3.48. The molecule has 0 spiro atoms. The van der Waals surface area contributed by atoms with E-state index in [-0.39, 0.29) is 23.0 Å². The number of ether oxygens (including phenoxy) is 1. The minimum atomic E-state index is -0.802. The van der Waals surface area contributed by atoms with Crippen molar-refractivity contribution in [2.45, 2.75) is 39.8 Å². The minimum Gasteiger partial charge on any atom is -0.379 e. The van der Waals surface area contributed by atoms with Gasteiger partial charge in [0.25, 0.3) is 5.91 Å². The number of nitrogens with one attached hydrogen (secondary N) is 2. The Hall–Kier alpha value is -2.81. The van der Waals surface area contributed by atoms with Gasteiger partial charge in [-0.25, -0.2) is 13.8 Å². The van der Waals surface area contributed by atoms with E-state index in [0.717, 1.165) is 18.2 Å². The fourth-order valence-corrected chi connectivity index (χ4v) is 3.48. The molecule has 1 atom stereocenters. The van der Waals surface area contributed by atoms with Crippen LogP contribution in [0, 0.1) is 17.0 Å². The maximum absolute atomic E-state index is 14.5. The minimum absolute atomic E-state index is 0.0316. The first-order chi connectivity index (χ1) is 14.1. The molecule has 0 aliphatic carbocycles. The van der Waals surface area contributed by atoms with Gasteiger partial charge in [-0.1, -0.05) is 20.8 Å². The van der Waals surface area contributed by atoms with Gasteiger partial charge in [-0.3, -0.25) is 9.59 Å². The molecule has 1 aromatic carbocycles. The first-order valence-corrected chi connectivity index (χ1v) is 9.78. The average Bonchev–Trinajstić information content (AvgIpc) is 2.87. The van der Waals surface area contributed by atoms with Gasteiger partial charge in [-0.15, -0.1) is 0 Å². The van der Waals surface area contributed by atoms with E-state index in [1.54, 1.807) is 4.57 Å². The third-order valence-corrected chi connectivity index (χ3v) is 5.05. The van der Waals surface area contributed by atoms with Gasteiger partial charge >= 0.3 is 0 Å². The summed E-state index contributed by atoms with van der Waals surface area (Å²) in [6.07, 6.45) is 0.382. The zero-order valence-corrected chi connectivity index (χ0v) is 17.5. The third kappa shape index (κ3) is 4.35. The van der Waals surface area contributed by atoms with Crippen molar-refractivity contribution in [3.8, 4) is 11.4 Å². The van der Waals surface area contributed by atoms with Crippen molar-refractivity contribution in [2.24, 2.45) is 5.41 Å². The van der Waals surface area contributed by atoms with Crippen LogP contribution in [0.2, 0.25) is 0 Å². The summed E-state index contributed by atoms with van der Waals surface area (Å²) in [4.78, 5) is 29.8. The highest BCUT2D eigenvalue weighted by atomic mass is 19.1. The lowest BCUT2D eigenvalue weighted by atomic mass is 9.86. The SMILES string of the molecule is CNC(=O)[C@@H](NC(=O)c1nc(-c2cc(F)ccc2F)n2c1CCOCC2)C(C)(C)C. The molecule has 0 saturated heterocycles. The summed E-state index contributed by atoms with van der Waals surface area (Å²) in [5, 5.41) is 5.30. The molecule has 7 nitrogen and oxygen atoms in total. The van der Waals surface area contributed by atoms with E-state index in [1.165, 1.54) is 7.05 Å². The quantitative estimate of drug-likeness (QED) is 0.795. The third-order valence-electron chi connectivity index (χ3n) is 5.05. The van der Waals surface area contributed by atoms with Crippen LogP contribution >= 0.6 is 0 Å². The number of likely N-dealkylation sites (N-methyl/N-ethyl adjacent to an activating group) is 1. The fraction of sp³-hybridized carbons (Fsp3) is 0.476. The molecule has 0 radical (unpaired) electrons. The first-order valence-electron chi connectivity index (χ1n) is 9.78. The number of benzene rings is 1. The van der Waals surface area contributed by atoms with Gasteiger partial charge in [0.15, 0.2) is 0 Å². The summed E-state index contributed by atoms with van der Waals surface area (Å²) in [5.41, 5.74) is 0.0639. The van der Waals surface area contributed by atoms with Crippen LogP contribution in [-0.4, -0.2) is 47.7 Å². The summed E-state index contributed by atoms with van der Waals surface area (Å²) in [5.74, 6) is -1.97. The second-order valence-corrected chi connectivity index (χ2v) is 8.26. The normalized spacial score (nSPS) is 15.1. The molecule has 3 rings (SSSR count). The molecule has 2 amide bonds. The summed E-state index contributed by atoms with van der Waals surface area (Å²) < 4.78 is 35.4. The standard InChI is InChI=1S/C21H26F2N4O3/c1-21(2,3)17(20(29)24-4)26-19(28)16-15-7-9-30-10-8-27(15)18(25-16)13-11-12(22)5-6-14(13)23/h5-6,11,17H,7-10H2,1-4H3,(H,24,29)(H,26,28)/t17-/m1/s1. The van der Waals surface area contributed by atoms with Crippen LogP contribution in [0.15, 0.2) is 18.2 Å². The van der Waals surface area contributed by atoms with Crippen LogP contribution in [0.4, 0.5) is 8.78 Å². The largest absolute Gasteiger partial charge is 0.379 e. The molecule has 0 unspecified atom stereocenters. The lowest BCUT2D eigenvalue weighted by molar-refractivity contribution is -0.124. The Morgan fingerprint density at radius 2 is 1.97 bits per heavy atom. The van der Waals surface area contributed by atoms with Crippen LogP contribution < -0.4 is 10.6 Å². The number of amides is 2. The molecular weight excluding hydrogens is 394 g/mol. The lowest BCUT2D eigenvalue weighted by Gasteiger charge is -2.29. The van der Waals surface area contributed by atoms with Crippen molar-refractivity contribution in [3.63, 3.8) is 0 Å². The summed E-state index contributed by atoms with van der Waals surface area (Å²) >= 11 is 0. The van der Waals surface area contributed by atoms with E-state index in [0.29, 0.717) is 31.9 Å². The molecular formula is C21H26F2N4O3. The van der Waals surface area contributed by atoms with Crippen LogP contribution in [0.1, 0.15) is 37.0 Å². The molecule has 2 heterocycles. The van der Waals surface area contributed by atoms with Gasteiger partial charge in [0.05, 0.1) is 24.5 Å². The highest BCUT2D eigenvalue weighted by molar-refractivity contribution is 5.97. The molecule has 1 aromatic heterocycles. The maximum atomic E-state index is 14.5. The Labute approximate surface area is 173 Å². The van der Waals surface area contributed by atoms with Crippen LogP contribution in [0.5, 0.6) is 0 Å². The topological polar surface area (TPSA) is 85.3 Å². The van der Waals surface area contributed by atoms with E-state index >= 15 is 0 Å². The molecule has 162 valence electrons. The lowest BCUT2D eigenvalue weighted by Crippen LogP contribution is -2.53. The number of nitrogens with zero attached hydrogens (tertiary/aromatic N) is 2. The number of imidazole rings is 1. The molecule has 9 heteroatoms. The van der Waals surface area contributed by atoms with Crippen molar-refractivity contribution in [1.82, 2.24) is 20.2 Å². The highest BCUT2D eigenvalue weighted by Gasteiger charge is 2.34. The summed E-state index contributed by atoms with van der Waals surface area (Å²) in [6, 6.07) is 2.31. The molecule has 2 aromatic rings. The van der Waals surface area contributed by atoms with Crippen LogP contribution in [0.25, 0.3) is 11.4 Å². The second kappa shape index (κ2) is 8.51. The van der Waals surface area contributed by atoms with Crippen molar-refractivity contribution < 1.29 is 23.1 Å². The predicted octanol–water partition coefficient (Wildman–Crippen LogP) is 2.29. The van der Waals surface area contributed by atoms with Gasteiger partial charge in [-0.05, 0) is 23.6 Å². The van der Waals surface area contributed by atoms with Gasteiger partial charge in [0.1, 0.15) is 29.2 Å².